The van der Waals surface area contributed by atoms with Gasteiger partial charge in [-0.25, -0.2) is 4.79 Å². The molecule has 1 N–H and O–H groups in total. The molecule has 6 nitrogen and oxygen atoms in total. The number of carbonyl (C=O) groups is 1. The van der Waals surface area contributed by atoms with Crippen molar-refractivity contribution >= 4 is 36.0 Å². The van der Waals surface area contributed by atoms with E-state index >= 15 is 0 Å². The zero-order chi connectivity index (χ0) is 14.1. The Balaban J connectivity index is 0.00000361. The zero-order valence-electron chi connectivity index (χ0n) is 12.7. The van der Waals surface area contributed by atoms with E-state index in [1.54, 1.807) is 4.90 Å². The molecule has 0 aliphatic carbocycles. The van der Waals surface area contributed by atoms with E-state index < -0.39 is 0 Å². The van der Waals surface area contributed by atoms with Gasteiger partial charge in [0.05, 0.1) is 6.61 Å². The van der Waals surface area contributed by atoms with Crippen LogP contribution in [0, 0.1) is 0 Å². The molecule has 0 aromatic carbocycles. The molecule has 20 heavy (non-hydrogen) atoms. The molecule has 1 saturated heterocycles. The highest BCUT2D eigenvalue weighted by Gasteiger charge is 2.23. The normalized spacial score (nSPS) is 15.7. The van der Waals surface area contributed by atoms with Crippen LogP contribution in [0.3, 0.4) is 0 Å². The SMILES string of the molecule is CCCN=C(NCC)N1CCN(C(=O)OCC)CC1.I. The quantitative estimate of drug-likeness (QED) is 0.446. The summed E-state index contributed by atoms with van der Waals surface area (Å²) in [5.74, 6) is 0.952. The van der Waals surface area contributed by atoms with Crippen LogP contribution in [0.2, 0.25) is 0 Å². The van der Waals surface area contributed by atoms with Gasteiger partial charge >= 0.3 is 6.09 Å². The van der Waals surface area contributed by atoms with Crippen molar-refractivity contribution in [1.82, 2.24) is 15.1 Å². The van der Waals surface area contributed by atoms with Crippen LogP contribution in [-0.4, -0.2) is 67.7 Å². The monoisotopic (exact) mass is 398 g/mol. The van der Waals surface area contributed by atoms with Crippen molar-refractivity contribution in [3.63, 3.8) is 0 Å². The number of guanidine groups is 1. The lowest BCUT2D eigenvalue weighted by atomic mass is 10.3. The van der Waals surface area contributed by atoms with Gasteiger partial charge in [0.25, 0.3) is 0 Å². The fourth-order valence-corrected chi connectivity index (χ4v) is 1.96. The minimum Gasteiger partial charge on any atom is -0.450 e. The summed E-state index contributed by atoms with van der Waals surface area (Å²) in [5.41, 5.74) is 0. The Morgan fingerprint density at radius 2 is 1.75 bits per heavy atom. The second kappa shape index (κ2) is 11.0. The Morgan fingerprint density at radius 3 is 2.25 bits per heavy atom. The van der Waals surface area contributed by atoms with Crippen LogP contribution in [0.4, 0.5) is 4.79 Å². The lowest BCUT2D eigenvalue weighted by Gasteiger charge is -2.35. The van der Waals surface area contributed by atoms with Crippen molar-refractivity contribution in [3.8, 4) is 0 Å². The van der Waals surface area contributed by atoms with Gasteiger partial charge in [0, 0.05) is 39.3 Å². The third-order valence-electron chi connectivity index (χ3n) is 2.93. The fraction of sp³-hybridized carbons (Fsp3) is 0.846. The van der Waals surface area contributed by atoms with E-state index in [1.807, 2.05) is 6.92 Å². The van der Waals surface area contributed by atoms with E-state index in [-0.39, 0.29) is 30.1 Å². The molecule has 0 spiro atoms. The first-order valence-electron chi connectivity index (χ1n) is 7.17. The number of halogens is 1. The lowest BCUT2D eigenvalue weighted by molar-refractivity contribution is 0.0914. The minimum atomic E-state index is -0.211. The number of hydrogen-bond donors (Lipinski definition) is 1. The van der Waals surface area contributed by atoms with Gasteiger partial charge in [-0.2, -0.15) is 0 Å². The number of ether oxygens (including phenoxy) is 1. The van der Waals surface area contributed by atoms with Crippen molar-refractivity contribution < 1.29 is 9.53 Å². The van der Waals surface area contributed by atoms with Crippen molar-refractivity contribution in [1.29, 1.82) is 0 Å². The van der Waals surface area contributed by atoms with Crippen LogP contribution in [0.5, 0.6) is 0 Å². The van der Waals surface area contributed by atoms with Gasteiger partial charge in [0.2, 0.25) is 0 Å². The Kier molecular flexibility index (Phi) is 10.6. The summed E-state index contributed by atoms with van der Waals surface area (Å²) in [4.78, 5) is 20.1. The van der Waals surface area contributed by atoms with Gasteiger partial charge in [0.1, 0.15) is 0 Å². The van der Waals surface area contributed by atoms with E-state index in [0.29, 0.717) is 19.7 Å². The van der Waals surface area contributed by atoms with E-state index in [1.165, 1.54) is 0 Å². The molecular formula is C13H27IN4O2. The van der Waals surface area contributed by atoms with Crippen molar-refractivity contribution in [2.24, 2.45) is 4.99 Å². The molecule has 0 aromatic heterocycles. The molecule has 1 fully saturated rings. The number of carbonyl (C=O) groups excluding carboxylic acids is 1. The second-order valence-electron chi connectivity index (χ2n) is 4.41. The van der Waals surface area contributed by atoms with Crippen LogP contribution in [0.1, 0.15) is 27.2 Å². The molecule has 1 aliphatic heterocycles. The molecule has 0 aromatic rings. The smallest absolute Gasteiger partial charge is 0.409 e. The lowest BCUT2D eigenvalue weighted by Crippen LogP contribution is -2.53. The number of rotatable bonds is 4. The van der Waals surface area contributed by atoms with E-state index in [4.69, 9.17) is 4.74 Å². The Bertz CT molecular complexity index is 305. The van der Waals surface area contributed by atoms with Crippen LogP contribution in [-0.2, 0) is 4.74 Å². The Hall–Kier alpha value is -0.730. The van der Waals surface area contributed by atoms with Crippen LogP contribution >= 0.6 is 24.0 Å². The molecule has 1 rings (SSSR count). The standard InChI is InChI=1S/C13H26N4O2.HI/c1-4-7-15-12(14-5-2)16-8-10-17(11-9-16)13(18)19-6-3;/h4-11H2,1-3H3,(H,14,15);1H. The van der Waals surface area contributed by atoms with E-state index in [0.717, 1.165) is 38.6 Å². The average molecular weight is 398 g/mol. The van der Waals surface area contributed by atoms with Crippen molar-refractivity contribution in [2.75, 3.05) is 45.9 Å². The average Bonchev–Trinajstić information content (AvgIpc) is 2.44. The predicted molar refractivity (Wildman–Crippen MR) is 91.9 cm³/mol. The summed E-state index contributed by atoms with van der Waals surface area (Å²) in [5, 5.41) is 3.30. The predicted octanol–water partition coefficient (Wildman–Crippen LogP) is 1.75. The molecule has 0 radical (unpaired) electrons. The maximum atomic E-state index is 11.6. The molecule has 1 amide bonds. The number of hydrogen-bond acceptors (Lipinski definition) is 3. The highest BCUT2D eigenvalue weighted by molar-refractivity contribution is 14.0. The molecule has 1 heterocycles. The zero-order valence-corrected chi connectivity index (χ0v) is 15.1. The fourth-order valence-electron chi connectivity index (χ4n) is 1.96. The number of nitrogens with one attached hydrogen (secondary N) is 1. The topological polar surface area (TPSA) is 57.2 Å². The maximum Gasteiger partial charge on any atom is 0.409 e. The first-order chi connectivity index (χ1) is 9.22. The minimum absolute atomic E-state index is 0. The van der Waals surface area contributed by atoms with E-state index in [9.17, 15) is 4.79 Å². The summed E-state index contributed by atoms with van der Waals surface area (Å²) in [7, 11) is 0. The summed E-state index contributed by atoms with van der Waals surface area (Å²) in [6.45, 7) is 11.1. The largest absolute Gasteiger partial charge is 0.450 e. The third-order valence-corrected chi connectivity index (χ3v) is 2.93. The third kappa shape index (κ3) is 6.15. The molecule has 7 heteroatoms. The molecule has 0 bridgehead atoms. The number of nitrogens with zero attached hydrogens (tertiary/aromatic N) is 3. The number of aliphatic imine (C=N–C) groups is 1. The molecule has 0 atom stereocenters. The Morgan fingerprint density at radius 1 is 1.15 bits per heavy atom. The first-order valence-corrected chi connectivity index (χ1v) is 7.17. The second-order valence-corrected chi connectivity index (χ2v) is 4.41. The van der Waals surface area contributed by atoms with Crippen LogP contribution in [0.15, 0.2) is 4.99 Å². The molecule has 1 aliphatic rings. The highest BCUT2D eigenvalue weighted by atomic mass is 127. The summed E-state index contributed by atoms with van der Waals surface area (Å²) in [6, 6.07) is 0. The van der Waals surface area contributed by atoms with Gasteiger partial charge in [-0.05, 0) is 20.3 Å². The number of piperazine rings is 1. The van der Waals surface area contributed by atoms with Gasteiger partial charge in [-0.1, -0.05) is 6.92 Å². The summed E-state index contributed by atoms with van der Waals surface area (Å²) in [6.07, 6.45) is 0.829. The molecule has 0 unspecified atom stereocenters. The maximum absolute atomic E-state index is 11.6. The van der Waals surface area contributed by atoms with Gasteiger partial charge in [-0.15, -0.1) is 24.0 Å². The summed E-state index contributed by atoms with van der Waals surface area (Å²) < 4.78 is 5.01. The molecule has 0 saturated carbocycles. The molecular weight excluding hydrogens is 371 g/mol. The van der Waals surface area contributed by atoms with Crippen LogP contribution < -0.4 is 5.32 Å². The van der Waals surface area contributed by atoms with Gasteiger partial charge < -0.3 is 19.9 Å². The van der Waals surface area contributed by atoms with Crippen LogP contribution in [0.25, 0.3) is 0 Å². The van der Waals surface area contributed by atoms with Gasteiger partial charge in [-0.3, -0.25) is 4.99 Å². The summed E-state index contributed by atoms with van der Waals surface area (Å²) >= 11 is 0. The highest BCUT2D eigenvalue weighted by Crippen LogP contribution is 2.04. The van der Waals surface area contributed by atoms with E-state index in [2.05, 4.69) is 29.1 Å². The van der Waals surface area contributed by atoms with Crippen molar-refractivity contribution in [2.45, 2.75) is 27.2 Å². The Labute approximate surface area is 138 Å². The first kappa shape index (κ1) is 19.3. The number of amides is 1. The van der Waals surface area contributed by atoms with Gasteiger partial charge in [0.15, 0.2) is 5.96 Å². The van der Waals surface area contributed by atoms with Crippen molar-refractivity contribution in [3.05, 3.63) is 0 Å². The molecule has 118 valence electrons.